The van der Waals surface area contributed by atoms with Crippen LogP contribution in [0.1, 0.15) is 42.3 Å². The molecule has 2 aromatic carbocycles. The van der Waals surface area contributed by atoms with Crippen molar-refractivity contribution >= 4 is 10.0 Å². The van der Waals surface area contributed by atoms with E-state index in [-0.39, 0.29) is 18.0 Å². The first-order chi connectivity index (χ1) is 15.1. The molecule has 7 nitrogen and oxygen atoms in total. The van der Waals surface area contributed by atoms with Crippen LogP contribution in [0.2, 0.25) is 0 Å². The predicted octanol–water partition coefficient (Wildman–Crippen LogP) is 4.33. The highest BCUT2D eigenvalue weighted by atomic mass is 32.2. The second-order valence-corrected chi connectivity index (χ2v) is 10.6. The van der Waals surface area contributed by atoms with Gasteiger partial charge in [-0.05, 0) is 67.1 Å². The molecule has 0 amide bonds. The van der Waals surface area contributed by atoms with Crippen molar-refractivity contribution in [2.45, 2.75) is 52.0 Å². The molecule has 0 unspecified atom stereocenters. The number of likely N-dealkylation sites (N-methyl/N-ethyl adjacent to an activating group) is 1. The van der Waals surface area contributed by atoms with Crippen LogP contribution in [-0.4, -0.2) is 36.5 Å². The number of aryl methyl sites for hydroxylation is 2. The number of hydrogen-bond donors (Lipinski definition) is 0. The van der Waals surface area contributed by atoms with Crippen LogP contribution >= 0.6 is 0 Å². The van der Waals surface area contributed by atoms with Gasteiger partial charge in [-0.25, -0.2) is 12.7 Å². The first-order valence-electron chi connectivity index (χ1n) is 10.7. The molecule has 0 radical (unpaired) electrons. The Kier molecular flexibility index (Phi) is 7.69. The molecule has 0 fully saturated rings. The summed E-state index contributed by atoms with van der Waals surface area (Å²) in [5, 5.41) is 3.94. The minimum absolute atomic E-state index is 0.159. The molecular weight excluding hydrogens is 426 g/mol. The van der Waals surface area contributed by atoms with E-state index in [2.05, 4.69) is 30.1 Å². The normalized spacial score (nSPS) is 12.0. The van der Waals surface area contributed by atoms with Crippen molar-refractivity contribution in [1.82, 2.24) is 14.4 Å². The number of hydrogen-bond acceptors (Lipinski definition) is 6. The quantitative estimate of drug-likeness (QED) is 0.451. The molecule has 0 atom stereocenters. The van der Waals surface area contributed by atoms with E-state index >= 15 is 0 Å². The summed E-state index contributed by atoms with van der Waals surface area (Å²) >= 11 is 0. The molecule has 3 rings (SSSR count). The summed E-state index contributed by atoms with van der Waals surface area (Å²) in [7, 11) is -2.02. The molecule has 0 saturated heterocycles. The lowest BCUT2D eigenvalue weighted by molar-refractivity contribution is 0.242. The van der Waals surface area contributed by atoms with E-state index in [9.17, 15) is 8.42 Å². The molecule has 0 saturated carbocycles. The fourth-order valence-electron chi connectivity index (χ4n) is 3.44. The van der Waals surface area contributed by atoms with Crippen molar-refractivity contribution in [3.63, 3.8) is 0 Å². The standard InChI is InChI=1S/C24H31N3O4S/c1-17(2)12-20-6-8-22(9-7-20)32(28,29)27(5)11-10-23-25-24(31-26-23)16-30-21-14-18(3)13-19(4)15-21/h6-9,13-15,17H,10-12,16H2,1-5H3. The van der Waals surface area contributed by atoms with Crippen LogP contribution in [0.15, 0.2) is 51.9 Å². The maximum atomic E-state index is 12.8. The van der Waals surface area contributed by atoms with Gasteiger partial charge in [0.25, 0.3) is 5.89 Å². The summed E-state index contributed by atoms with van der Waals surface area (Å²) in [4.78, 5) is 4.59. The third-order valence-corrected chi connectivity index (χ3v) is 6.86. The lowest BCUT2D eigenvalue weighted by Gasteiger charge is -2.16. The second kappa shape index (κ2) is 10.3. The zero-order valence-electron chi connectivity index (χ0n) is 19.3. The van der Waals surface area contributed by atoms with E-state index in [1.54, 1.807) is 19.2 Å². The number of sulfonamides is 1. The first kappa shape index (κ1) is 23.9. The van der Waals surface area contributed by atoms with Gasteiger partial charge >= 0.3 is 0 Å². The molecule has 3 aromatic rings. The molecule has 1 heterocycles. The number of benzene rings is 2. The van der Waals surface area contributed by atoms with Crippen LogP contribution < -0.4 is 4.74 Å². The van der Waals surface area contributed by atoms with Crippen LogP contribution in [-0.2, 0) is 29.5 Å². The fourth-order valence-corrected chi connectivity index (χ4v) is 4.61. The molecule has 0 N–H and O–H groups in total. The molecule has 0 aliphatic heterocycles. The molecule has 0 bridgehead atoms. The molecule has 8 heteroatoms. The lowest BCUT2D eigenvalue weighted by Crippen LogP contribution is -2.29. The van der Waals surface area contributed by atoms with Crippen LogP contribution in [0.5, 0.6) is 5.75 Å². The summed E-state index contributed by atoms with van der Waals surface area (Å²) in [5.41, 5.74) is 3.36. The number of ether oxygens (including phenoxy) is 1. The number of nitrogens with zero attached hydrogens (tertiary/aromatic N) is 3. The van der Waals surface area contributed by atoms with Crippen LogP contribution in [0.25, 0.3) is 0 Å². The van der Waals surface area contributed by atoms with Crippen molar-refractivity contribution in [2.75, 3.05) is 13.6 Å². The van der Waals surface area contributed by atoms with E-state index in [1.807, 2.05) is 38.1 Å². The monoisotopic (exact) mass is 457 g/mol. The third kappa shape index (κ3) is 6.40. The molecule has 1 aromatic heterocycles. The minimum atomic E-state index is -3.58. The molecular formula is C24H31N3O4S. The van der Waals surface area contributed by atoms with Gasteiger partial charge in [0, 0.05) is 20.0 Å². The van der Waals surface area contributed by atoms with Crippen molar-refractivity contribution in [3.05, 3.63) is 70.9 Å². The summed E-state index contributed by atoms with van der Waals surface area (Å²) in [6.45, 7) is 8.69. The Labute approximate surface area is 190 Å². The molecule has 172 valence electrons. The highest BCUT2D eigenvalue weighted by molar-refractivity contribution is 7.89. The van der Waals surface area contributed by atoms with Crippen LogP contribution in [0, 0.1) is 19.8 Å². The maximum absolute atomic E-state index is 12.8. The maximum Gasteiger partial charge on any atom is 0.264 e. The zero-order chi connectivity index (χ0) is 23.3. The van der Waals surface area contributed by atoms with Crippen molar-refractivity contribution in [1.29, 1.82) is 0 Å². The van der Waals surface area contributed by atoms with Gasteiger partial charge in [0.2, 0.25) is 10.0 Å². The van der Waals surface area contributed by atoms with Gasteiger partial charge in [-0.2, -0.15) is 4.98 Å². The summed E-state index contributed by atoms with van der Waals surface area (Å²) < 4.78 is 38.0. The fraction of sp³-hybridized carbons (Fsp3) is 0.417. The van der Waals surface area contributed by atoms with Crippen LogP contribution in [0.3, 0.4) is 0 Å². The number of rotatable bonds is 10. The second-order valence-electron chi connectivity index (χ2n) is 8.53. The predicted molar refractivity (Wildman–Crippen MR) is 123 cm³/mol. The average molecular weight is 458 g/mol. The minimum Gasteiger partial charge on any atom is -0.484 e. The van der Waals surface area contributed by atoms with E-state index in [1.165, 1.54) is 4.31 Å². The summed E-state index contributed by atoms with van der Waals surface area (Å²) in [6.07, 6.45) is 1.26. The van der Waals surface area contributed by atoms with Crippen molar-refractivity contribution < 1.29 is 17.7 Å². The van der Waals surface area contributed by atoms with E-state index in [4.69, 9.17) is 9.26 Å². The Morgan fingerprint density at radius 2 is 1.72 bits per heavy atom. The van der Waals surface area contributed by atoms with Gasteiger partial charge in [0.1, 0.15) is 5.75 Å². The van der Waals surface area contributed by atoms with Crippen LogP contribution in [0.4, 0.5) is 0 Å². The molecule has 0 spiro atoms. The van der Waals surface area contributed by atoms with Gasteiger partial charge in [-0.3, -0.25) is 0 Å². The molecule has 32 heavy (non-hydrogen) atoms. The highest BCUT2D eigenvalue weighted by Gasteiger charge is 2.21. The van der Waals surface area contributed by atoms with E-state index in [0.717, 1.165) is 28.9 Å². The number of aromatic nitrogens is 2. The Hall–Kier alpha value is -2.71. The summed E-state index contributed by atoms with van der Waals surface area (Å²) in [6, 6.07) is 13.0. The third-order valence-electron chi connectivity index (χ3n) is 4.99. The largest absolute Gasteiger partial charge is 0.484 e. The van der Waals surface area contributed by atoms with Crippen molar-refractivity contribution in [2.24, 2.45) is 5.92 Å². The average Bonchev–Trinajstić information content (AvgIpc) is 3.17. The van der Waals surface area contributed by atoms with Gasteiger partial charge in [-0.15, -0.1) is 0 Å². The zero-order valence-corrected chi connectivity index (χ0v) is 20.1. The molecule has 0 aliphatic rings. The Morgan fingerprint density at radius 3 is 2.34 bits per heavy atom. The smallest absolute Gasteiger partial charge is 0.264 e. The van der Waals surface area contributed by atoms with Gasteiger partial charge in [0.15, 0.2) is 12.4 Å². The topological polar surface area (TPSA) is 85.5 Å². The van der Waals surface area contributed by atoms with Gasteiger partial charge in [0.05, 0.1) is 4.90 Å². The SMILES string of the molecule is Cc1cc(C)cc(OCc2nc(CCN(C)S(=O)(=O)c3ccc(CC(C)C)cc3)no2)c1. The van der Waals surface area contributed by atoms with Crippen molar-refractivity contribution in [3.8, 4) is 5.75 Å². The lowest BCUT2D eigenvalue weighted by atomic mass is 10.0. The van der Waals surface area contributed by atoms with Gasteiger partial charge < -0.3 is 9.26 Å². The first-order valence-corrected chi connectivity index (χ1v) is 12.2. The van der Waals surface area contributed by atoms with E-state index in [0.29, 0.717) is 24.1 Å². The Bertz CT molecular complexity index is 1120. The van der Waals surface area contributed by atoms with E-state index < -0.39 is 10.0 Å². The summed E-state index contributed by atoms with van der Waals surface area (Å²) in [5.74, 6) is 2.06. The molecule has 0 aliphatic carbocycles. The Balaban J connectivity index is 1.55. The Morgan fingerprint density at radius 1 is 1.06 bits per heavy atom. The highest BCUT2D eigenvalue weighted by Crippen LogP contribution is 2.19. The van der Waals surface area contributed by atoms with Gasteiger partial charge in [-0.1, -0.05) is 37.2 Å².